The van der Waals surface area contributed by atoms with E-state index in [9.17, 15) is 53.7 Å². The van der Waals surface area contributed by atoms with Gasteiger partial charge in [-0.25, -0.2) is 4.79 Å². The summed E-state index contributed by atoms with van der Waals surface area (Å²) in [6, 6.07) is -1.17. The van der Waals surface area contributed by atoms with E-state index in [2.05, 4.69) is 31.6 Å². The average Bonchev–Trinajstić information content (AvgIpc) is 3.16. The Hall–Kier alpha value is -5.87. The van der Waals surface area contributed by atoms with Crippen molar-refractivity contribution in [2.75, 3.05) is 13.2 Å². The summed E-state index contributed by atoms with van der Waals surface area (Å²) in [5, 5.41) is 43.5. The van der Waals surface area contributed by atoms with Gasteiger partial charge in [0.05, 0.1) is 25.2 Å². The van der Waals surface area contributed by atoms with Gasteiger partial charge >= 0.3 is 5.97 Å². The molecule has 0 saturated heterocycles. The van der Waals surface area contributed by atoms with E-state index >= 15 is 0 Å². The van der Waals surface area contributed by atoms with Crippen LogP contribution < -0.4 is 54.8 Å². The summed E-state index contributed by atoms with van der Waals surface area (Å²) < 4.78 is 0. The number of amides is 7. The van der Waals surface area contributed by atoms with Gasteiger partial charge in [0.1, 0.15) is 36.3 Å². The van der Waals surface area contributed by atoms with Crippen molar-refractivity contribution in [2.24, 2.45) is 39.8 Å². The number of carbonyl (C=O) groups excluding carboxylic acids is 7. The molecule has 17 N–H and O–H groups in total. The number of carbonyl (C=O) groups is 8. The molecular weight excluding hydrogens is 774 g/mol. The monoisotopic (exact) mass is 835 g/mol. The van der Waals surface area contributed by atoms with E-state index in [-0.39, 0.29) is 38.2 Å². The number of hydrogen-bond donors (Lipinski definition) is 13. The molecule has 9 atom stereocenters. The average molecular weight is 836 g/mol. The van der Waals surface area contributed by atoms with Crippen LogP contribution in [0.25, 0.3) is 0 Å². The lowest BCUT2D eigenvalue weighted by Crippen LogP contribution is -2.63. The van der Waals surface area contributed by atoms with Crippen LogP contribution in [0.5, 0.6) is 0 Å². The summed E-state index contributed by atoms with van der Waals surface area (Å²) in [5.74, 6) is -9.55. The van der Waals surface area contributed by atoms with Crippen LogP contribution in [0.4, 0.5) is 0 Å². The van der Waals surface area contributed by atoms with Crippen molar-refractivity contribution in [3.63, 3.8) is 0 Å². The number of primary amides is 1. The van der Waals surface area contributed by atoms with Crippen molar-refractivity contribution in [3.8, 4) is 0 Å². The van der Waals surface area contributed by atoms with Gasteiger partial charge in [-0.1, -0.05) is 64.4 Å². The normalized spacial score (nSPS) is 15.6. The minimum absolute atomic E-state index is 0.0418. The second kappa shape index (κ2) is 25.5. The molecule has 1 aromatic carbocycles. The van der Waals surface area contributed by atoms with Crippen LogP contribution in [0.3, 0.4) is 0 Å². The molecule has 0 aliphatic carbocycles. The first kappa shape index (κ1) is 51.1. The largest absolute Gasteiger partial charge is 0.480 e. The number of nitrogens with two attached hydrogens (primary N) is 4. The second-order valence-corrected chi connectivity index (χ2v) is 14.4. The molecule has 0 unspecified atom stereocenters. The zero-order valence-corrected chi connectivity index (χ0v) is 34.0. The molecule has 0 aliphatic rings. The Kier molecular flexibility index (Phi) is 22.1. The lowest BCUT2D eigenvalue weighted by molar-refractivity contribution is -0.143. The maximum atomic E-state index is 13.7. The molecular formula is C37H61N11O11. The highest BCUT2D eigenvalue weighted by atomic mass is 16.4. The van der Waals surface area contributed by atoms with Crippen molar-refractivity contribution in [1.82, 2.24) is 31.9 Å². The number of hydrogen-bond acceptors (Lipinski definition) is 12. The van der Waals surface area contributed by atoms with E-state index < -0.39 is 121 Å². The number of aliphatic hydroxyl groups excluding tert-OH is 2. The minimum atomic E-state index is -1.77. The third kappa shape index (κ3) is 18.1. The highest BCUT2D eigenvalue weighted by Gasteiger charge is 2.37. The lowest BCUT2D eigenvalue weighted by Gasteiger charge is -2.30. The third-order valence-corrected chi connectivity index (χ3v) is 9.15. The quantitative estimate of drug-likeness (QED) is 0.0238. The zero-order chi connectivity index (χ0) is 45.0. The number of nitrogens with one attached hydrogen (secondary N) is 6. The number of rotatable bonds is 26. The highest BCUT2D eigenvalue weighted by molar-refractivity contribution is 5.98. The first-order valence-electron chi connectivity index (χ1n) is 19.1. The number of aliphatic hydroxyl groups is 2. The van der Waals surface area contributed by atoms with Crippen molar-refractivity contribution in [2.45, 2.75) is 115 Å². The fourth-order valence-electron chi connectivity index (χ4n) is 5.52. The molecule has 0 aliphatic heterocycles. The molecule has 0 bridgehead atoms. The summed E-state index contributed by atoms with van der Waals surface area (Å²) >= 11 is 0. The molecule has 7 amide bonds. The van der Waals surface area contributed by atoms with Crippen LogP contribution >= 0.6 is 0 Å². The van der Waals surface area contributed by atoms with E-state index in [4.69, 9.17) is 22.9 Å². The number of nitrogens with zero attached hydrogens (tertiary/aromatic N) is 1. The Bertz CT molecular complexity index is 1620. The maximum Gasteiger partial charge on any atom is 0.328 e. The molecule has 0 saturated carbocycles. The van der Waals surface area contributed by atoms with Crippen LogP contribution in [-0.4, -0.2) is 130 Å². The Balaban J connectivity index is 3.27. The summed E-state index contributed by atoms with van der Waals surface area (Å²) in [6.07, 6.45) is -1.58. The standard InChI is InChI=1S/C37H61N11O11/c1-6-19(4)28(34(56)44-24(16-26(39)51)32(54)45-25(17-49)36(58)59)47-35(57)29(20(5)50)48-33(55)27(18(2)3)46-31(53)23(13-10-14-42-37(40)41)43-30(52)22(38)15-21-11-8-7-9-12-21/h7-9,11-12,18-20,22-25,27-29,49-50H,6,10,13-17,38H2,1-5H3,(H2,39,51)(H,43,52)(H,44,56)(H,45,54)(H,46,53)(H,47,57)(H,48,55)(H,58,59)(H4,40,41,42)/t19-,20+,22-,23-,24-,25-,27-,28-,29-/m0/s1. The molecule has 59 heavy (non-hydrogen) atoms. The minimum Gasteiger partial charge on any atom is -0.480 e. The topological polar surface area (TPSA) is 386 Å². The Morgan fingerprint density at radius 2 is 1.20 bits per heavy atom. The molecule has 1 rings (SSSR count). The predicted octanol–water partition coefficient (Wildman–Crippen LogP) is -4.45. The molecule has 0 fully saturated rings. The van der Waals surface area contributed by atoms with Crippen molar-refractivity contribution < 1.29 is 53.7 Å². The highest BCUT2D eigenvalue weighted by Crippen LogP contribution is 2.12. The van der Waals surface area contributed by atoms with Crippen molar-refractivity contribution in [1.29, 1.82) is 0 Å². The van der Waals surface area contributed by atoms with Gasteiger partial charge < -0.3 is 70.2 Å². The molecule has 1 aromatic rings. The summed E-state index contributed by atoms with van der Waals surface area (Å²) in [6.45, 7) is 6.78. The first-order chi connectivity index (χ1) is 27.6. The number of aliphatic carboxylic acids is 1. The number of carboxylic acid groups (broad SMARTS) is 1. The zero-order valence-electron chi connectivity index (χ0n) is 34.0. The number of guanidine groups is 1. The van der Waals surface area contributed by atoms with E-state index in [1.165, 1.54) is 6.92 Å². The molecule has 22 heteroatoms. The first-order valence-corrected chi connectivity index (χ1v) is 19.1. The SMILES string of the molecule is CC[C@H](C)[C@H](NC(=O)[C@@H](NC(=O)[C@@H](NC(=O)[C@H](CCCN=C(N)N)NC(=O)[C@@H](N)Cc1ccccc1)C(C)C)[C@@H](C)O)C(=O)N[C@@H](CC(N)=O)C(=O)N[C@@H](CO)C(=O)O. The number of carboxylic acids is 1. The van der Waals surface area contributed by atoms with Gasteiger partial charge in [0.25, 0.3) is 0 Å². The predicted molar refractivity (Wildman–Crippen MR) is 214 cm³/mol. The van der Waals surface area contributed by atoms with E-state index in [0.29, 0.717) is 0 Å². The van der Waals surface area contributed by atoms with Gasteiger partial charge in [-0.2, -0.15) is 0 Å². The summed E-state index contributed by atoms with van der Waals surface area (Å²) in [5.41, 5.74) is 23.0. The van der Waals surface area contributed by atoms with Gasteiger partial charge in [0.2, 0.25) is 41.4 Å². The molecule has 0 aromatic heterocycles. The van der Waals surface area contributed by atoms with Crippen LogP contribution in [0.1, 0.15) is 65.9 Å². The molecule has 22 nitrogen and oxygen atoms in total. The molecule has 330 valence electrons. The van der Waals surface area contributed by atoms with Crippen LogP contribution in [0.15, 0.2) is 35.3 Å². The van der Waals surface area contributed by atoms with Gasteiger partial charge in [-0.3, -0.25) is 38.6 Å². The Labute approximate surface area is 342 Å². The fraction of sp³-hybridized carbons (Fsp3) is 0.595. The Morgan fingerprint density at radius 3 is 1.71 bits per heavy atom. The Morgan fingerprint density at radius 1 is 0.695 bits per heavy atom. The molecule has 0 spiro atoms. The summed E-state index contributed by atoms with van der Waals surface area (Å²) in [7, 11) is 0. The number of benzene rings is 1. The van der Waals surface area contributed by atoms with Gasteiger partial charge in [-0.15, -0.1) is 0 Å². The van der Waals surface area contributed by atoms with E-state index in [0.717, 1.165) is 5.56 Å². The molecule has 0 radical (unpaired) electrons. The van der Waals surface area contributed by atoms with E-state index in [1.54, 1.807) is 52.0 Å². The fourth-order valence-corrected chi connectivity index (χ4v) is 5.52. The van der Waals surface area contributed by atoms with Crippen LogP contribution in [0, 0.1) is 11.8 Å². The van der Waals surface area contributed by atoms with Gasteiger partial charge in [0, 0.05) is 6.54 Å². The maximum absolute atomic E-state index is 13.7. The van der Waals surface area contributed by atoms with E-state index in [1.807, 2.05) is 11.4 Å². The van der Waals surface area contributed by atoms with Crippen LogP contribution in [-0.2, 0) is 44.8 Å². The van der Waals surface area contributed by atoms with Crippen molar-refractivity contribution in [3.05, 3.63) is 35.9 Å². The smallest absolute Gasteiger partial charge is 0.328 e. The van der Waals surface area contributed by atoms with Gasteiger partial charge in [-0.05, 0) is 43.6 Å². The lowest BCUT2D eigenvalue weighted by atomic mass is 9.96. The second-order valence-electron chi connectivity index (χ2n) is 14.4. The number of aliphatic imine (C=N–C) groups is 1. The molecule has 0 heterocycles. The third-order valence-electron chi connectivity index (χ3n) is 9.15. The summed E-state index contributed by atoms with van der Waals surface area (Å²) in [4.78, 5) is 108. The van der Waals surface area contributed by atoms with Gasteiger partial charge in [0.15, 0.2) is 5.96 Å². The van der Waals surface area contributed by atoms with Crippen LogP contribution in [0.2, 0.25) is 0 Å². The van der Waals surface area contributed by atoms with Crippen molar-refractivity contribution >= 4 is 53.3 Å².